The summed E-state index contributed by atoms with van der Waals surface area (Å²) < 4.78 is 16.3. The first-order chi connectivity index (χ1) is 13.9. The molecular formula is C21H24O8. The highest BCUT2D eigenvalue weighted by molar-refractivity contribution is 5.71. The summed E-state index contributed by atoms with van der Waals surface area (Å²) in [4.78, 5) is 0. The molecule has 2 aromatic carbocycles. The number of hydrogen-bond donors (Lipinski definition) is 5. The minimum atomic E-state index is -1.52. The summed E-state index contributed by atoms with van der Waals surface area (Å²) in [6.45, 7) is -0.538. The number of aliphatic hydroxyl groups excluding tert-OH is 4. The molecule has 1 saturated heterocycles. The van der Waals surface area contributed by atoms with Crippen molar-refractivity contribution in [2.45, 2.75) is 30.7 Å². The van der Waals surface area contributed by atoms with E-state index in [1.807, 2.05) is 12.2 Å². The summed E-state index contributed by atoms with van der Waals surface area (Å²) in [5, 5.41) is 48.6. The molecule has 0 amide bonds. The maximum Gasteiger partial charge on any atom is 0.229 e. The molecule has 29 heavy (non-hydrogen) atoms. The molecule has 1 aliphatic heterocycles. The Morgan fingerprint density at radius 2 is 1.55 bits per heavy atom. The van der Waals surface area contributed by atoms with E-state index >= 15 is 0 Å². The smallest absolute Gasteiger partial charge is 0.229 e. The van der Waals surface area contributed by atoms with E-state index in [1.165, 1.54) is 7.11 Å². The van der Waals surface area contributed by atoms with Gasteiger partial charge in [0.25, 0.3) is 0 Å². The molecule has 5 N–H and O–H groups in total. The minimum absolute atomic E-state index is 0.179. The lowest BCUT2D eigenvalue weighted by molar-refractivity contribution is -0.277. The third kappa shape index (κ3) is 5.06. The number of rotatable bonds is 6. The van der Waals surface area contributed by atoms with E-state index in [1.54, 1.807) is 42.5 Å². The van der Waals surface area contributed by atoms with E-state index in [0.717, 1.165) is 11.1 Å². The van der Waals surface area contributed by atoms with Gasteiger partial charge >= 0.3 is 0 Å². The lowest BCUT2D eigenvalue weighted by Crippen LogP contribution is -2.60. The normalized spacial score (nSPS) is 27.1. The predicted octanol–water partition coefficient (Wildman–Crippen LogP) is 0.750. The SMILES string of the molecule is COc1cc(C=Cc2ccc(O)cc2)cc(O[C@@H]2O[C@H](CO)[C@@H](O)[C@H](O)[C@H]2O)c1. The number of hydrogen-bond acceptors (Lipinski definition) is 8. The molecule has 0 unspecified atom stereocenters. The molecule has 0 spiro atoms. The zero-order valence-electron chi connectivity index (χ0n) is 15.8. The zero-order valence-corrected chi connectivity index (χ0v) is 15.8. The molecule has 0 saturated carbocycles. The molecule has 5 atom stereocenters. The zero-order chi connectivity index (χ0) is 21.0. The second-order valence-electron chi connectivity index (χ2n) is 6.68. The van der Waals surface area contributed by atoms with Gasteiger partial charge in [0, 0.05) is 6.07 Å². The molecule has 3 rings (SSSR count). The second kappa shape index (κ2) is 9.25. The molecule has 8 nitrogen and oxygen atoms in total. The van der Waals surface area contributed by atoms with E-state index in [-0.39, 0.29) is 5.75 Å². The number of phenolic OH excluding ortho intramolecular Hbond substituents is 1. The van der Waals surface area contributed by atoms with Crippen molar-refractivity contribution in [3.05, 3.63) is 53.6 Å². The number of aliphatic hydroxyl groups is 4. The molecule has 0 bridgehead atoms. The quantitative estimate of drug-likeness (QED) is 0.446. The van der Waals surface area contributed by atoms with E-state index in [4.69, 9.17) is 14.2 Å². The third-order valence-electron chi connectivity index (χ3n) is 4.60. The summed E-state index contributed by atoms with van der Waals surface area (Å²) >= 11 is 0. The standard InChI is InChI=1S/C21H24O8/c1-27-15-8-13(3-2-12-4-6-14(23)7-5-12)9-16(10-15)28-21-20(26)19(25)18(24)17(11-22)29-21/h2-10,17-26H,11H2,1H3/t17-,18-,19+,20-,21-/m1/s1. The van der Waals surface area contributed by atoms with Crippen LogP contribution in [0, 0.1) is 0 Å². The van der Waals surface area contributed by atoms with Crippen molar-refractivity contribution in [2.75, 3.05) is 13.7 Å². The topological polar surface area (TPSA) is 129 Å². The summed E-state index contributed by atoms with van der Waals surface area (Å²) in [6, 6.07) is 11.7. The van der Waals surface area contributed by atoms with Gasteiger partial charge in [0.05, 0.1) is 13.7 Å². The highest BCUT2D eigenvalue weighted by atomic mass is 16.7. The Balaban J connectivity index is 1.80. The van der Waals surface area contributed by atoms with Gasteiger partial charge in [0.1, 0.15) is 41.7 Å². The van der Waals surface area contributed by atoms with Gasteiger partial charge in [-0.15, -0.1) is 0 Å². The van der Waals surface area contributed by atoms with Crippen molar-refractivity contribution in [3.8, 4) is 17.2 Å². The highest BCUT2D eigenvalue weighted by Crippen LogP contribution is 2.29. The molecule has 0 aliphatic carbocycles. The van der Waals surface area contributed by atoms with Crippen LogP contribution in [0.1, 0.15) is 11.1 Å². The Hall–Kier alpha value is -2.62. The van der Waals surface area contributed by atoms with E-state index in [0.29, 0.717) is 11.5 Å². The molecule has 156 valence electrons. The fourth-order valence-electron chi connectivity index (χ4n) is 2.95. The van der Waals surface area contributed by atoms with Gasteiger partial charge < -0.3 is 39.7 Å². The Morgan fingerprint density at radius 3 is 2.21 bits per heavy atom. The second-order valence-corrected chi connectivity index (χ2v) is 6.68. The van der Waals surface area contributed by atoms with Crippen LogP contribution >= 0.6 is 0 Å². The maximum absolute atomic E-state index is 10.1. The van der Waals surface area contributed by atoms with Crippen molar-refractivity contribution in [1.29, 1.82) is 0 Å². The lowest BCUT2D eigenvalue weighted by Gasteiger charge is -2.39. The van der Waals surface area contributed by atoms with Gasteiger partial charge in [-0.2, -0.15) is 0 Å². The van der Waals surface area contributed by atoms with Crippen LogP contribution in [-0.4, -0.2) is 70.0 Å². The summed E-state index contributed by atoms with van der Waals surface area (Å²) in [6.07, 6.45) is -3.17. The molecule has 0 radical (unpaired) electrons. The van der Waals surface area contributed by atoms with Gasteiger partial charge in [-0.05, 0) is 35.4 Å². The maximum atomic E-state index is 10.1. The summed E-state index contributed by atoms with van der Waals surface area (Å²) in [5.74, 6) is 0.982. The Morgan fingerprint density at radius 1 is 0.897 bits per heavy atom. The van der Waals surface area contributed by atoms with Crippen LogP contribution in [0.15, 0.2) is 42.5 Å². The van der Waals surface area contributed by atoms with Crippen molar-refractivity contribution in [1.82, 2.24) is 0 Å². The molecular weight excluding hydrogens is 380 g/mol. The Bertz CT molecular complexity index is 833. The number of ether oxygens (including phenoxy) is 3. The minimum Gasteiger partial charge on any atom is -0.508 e. The first kappa shape index (κ1) is 21.1. The molecule has 1 fully saturated rings. The molecule has 2 aromatic rings. The highest BCUT2D eigenvalue weighted by Gasteiger charge is 2.44. The molecule has 8 heteroatoms. The van der Waals surface area contributed by atoms with E-state index in [2.05, 4.69) is 0 Å². The first-order valence-corrected chi connectivity index (χ1v) is 9.04. The third-order valence-corrected chi connectivity index (χ3v) is 4.60. The van der Waals surface area contributed by atoms with Crippen molar-refractivity contribution >= 4 is 12.2 Å². The van der Waals surface area contributed by atoms with Crippen molar-refractivity contribution in [2.24, 2.45) is 0 Å². The largest absolute Gasteiger partial charge is 0.508 e. The van der Waals surface area contributed by atoms with Gasteiger partial charge in [-0.3, -0.25) is 0 Å². The molecule has 1 aliphatic rings. The lowest BCUT2D eigenvalue weighted by atomic mass is 9.99. The monoisotopic (exact) mass is 404 g/mol. The Kier molecular flexibility index (Phi) is 6.73. The predicted molar refractivity (Wildman–Crippen MR) is 104 cm³/mol. The van der Waals surface area contributed by atoms with Crippen LogP contribution in [0.25, 0.3) is 12.2 Å². The van der Waals surface area contributed by atoms with Crippen LogP contribution < -0.4 is 9.47 Å². The van der Waals surface area contributed by atoms with Crippen LogP contribution in [0.2, 0.25) is 0 Å². The van der Waals surface area contributed by atoms with Crippen LogP contribution in [0.5, 0.6) is 17.2 Å². The number of aromatic hydroxyl groups is 1. The first-order valence-electron chi connectivity index (χ1n) is 9.04. The fraction of sp³-hybridized carbons (Fsp3) is 0.333. The fourth-order valence-corrected chi connectivity index (χ4v) is 2.95. The van der Waals surface area contributed by atoms with Gasteiger partial charge in [-0.25, -0.2) is 0 Å². The van der Waals surface area contributed by atoms with Gasteiger partial charge in [0.15, 0.2) is 0 Å². The number of phenols is 1. The average Bonchev–Trinajstić information content (AvgIpc) is 2.73. The number of methoxy groups -OCH3 is 1. The van der Waals surface area contributed by atoms with Crippen molar-refractivity contribution in [3.63, 3.8) is 0 Å². The summed E-state index contributed by atoms with van der Waals surface area (Å²) in [7, 11) is 1.50. The van der Waals surface area contributed by atoms with Gasteiger partial charge in [0.2, 0.25) is 6.29 Å². The summed E-state index contributed by atoms with van der Waals surface area (Å²) in [5.41, 5.74) is 1.61. The van der Waals surface area contributed by atoms with E-state index in [9.17, 15) is 25.5 Å². The van der Waals surface area contributed by atoms with Crippen LogP contribution in [-0.2, 0) is 4.74 Å². The molecule has 1 heterocycles. The Labute approximate surface area is 167 Å². The van der Waals surface area contributed by atoms with E-state index < -0.39 is 37.3 Å². The van der Waals surface area contributed by atoms with Gasteiger partial charge in [-0.1, -0.05) is 24.3 Å². The average molecular weight is 404 g/mol. The van der Waals surface area contributed by atoms with Crippen LogP contribution in [0.4, 0.5) is 0 Å². The number of benzene rings is 2. The van der Waals surface area contributed by atoms with Crippen molar-refractivity contribution < 1.29 is 39.7 Å². The van der Waals surface area contributed by atoms with Crippen LogP contribution in [0.3, 0.4) is 0 Å². The molecule has 0 aromatic heterocycles.